The molecular formula is C26H23FN4O3. The Morgan fingerprint density at radius 1 is 1.00 bits per heavy atom. The second-order valence-corrected chi connectivity index (χ2v) is 7.76. The first-order valence-electron chi connectivity index (χ1n) is 10.6. The average molecular weight is 458 g/mol. The fourth-order valence-corrected chi connectivity index (χ4v) is 3.67. The highest BCUT2D eigenvalue weighted by atomic mass is 19.1. The number of nitrogen functional groups attached to an aromatic ring is 1. The number of aryl methyl sites for hydroxylation is 2. The van der Waals surface area contributed by atoms with Gasteiger partial charge in [-0.2, -0.15) is 0 Å². The fourth-order valence-electron chi connectivity index (χ4n) is 3.67. The minimum atomic E-state index is -0.392. The molecule has 0 aliphatic heterocycles. The summed E-state index contributed by atoms with van der Waals surface area (Å²) in [6, 6.07) is 16.2. The predicted molar refractivity (Wildman–Crippen MR) is 128 cm³/mol. The summed E-state index contributed by atoms with van der Waals surface area (Å²) in [6.45, 7) is 0. The number of ketones is 1. The number of aromatic nitrogens is 3. The van der Waals surface area contributed by atoms with Crippen molar-refractivity contribution in [2.75, 3.05) is 12.8 Å². The number of Topliss-reactive ketones (excluding diaryl/α,β-unsaturated/α-hetero) is 1. The van der Waals surface area contributed by atoms with Crippen LogP contribution >= 0.6 is 0 Å². The number of halogens is 1. The van der Waals surface area contributed by atoms with Crippen LogP contribution in [0.25, 0.3) is 22.5 Å². The van der Waals surface area contributed by atoms with Crippen LogP contribution in [0.5, 0.6) is 5.75 Å². The van der Waals surface area contributed by atoms with Crippen LogP contribution in [-0.4, -0.2) is 27.4 Å². The molecular weight excluding hydrogens is 435 g/mol. The van der Waals surface area contributed by atoms with Crippen LogP contribution in [-0.2, 0) is 13.5 Å². The lowest BCUT2D eigenvalue weighted by molar-refractivity contribution is 0.0978. The van der Waals surface area contributed by atoms with Crippen molar-refractivity contribution < 1.29 is 13.9 Å². The SMILES string of the molecule is COc1ccccc1CCC(=O)c1nc(-c2ccc(=O)n(C)c2)c(-c2ccc(F)cc2)nc1N. The summed E-state index contributed by atoms with van der Waals surface area (Å²) < 4.78 is 20.3. The first kappa shape index (κ1) is 22.8. The summed E-state index contributed by atoms with van der Waals surface area (Å²) >= 11 is 0. The maximum atomic E-state index is 13.5. The van der Waals surface area contributed by atoms with E-state index < -0.39 is 5.82 Å². The molecule has 0 spiro atoms. The van der Waals surface area contributed by atoms with Gasteiger partial charge in [-0.3, -0.25) is 9.59 Å². The molecule has 0 fully saturated rings. The summed E-state index contributed by atoms with van der Waals surface area (Å²) in [5.74, 6) is 0.0222. The van der Waals surface area contributed by atoms with E-state index in [1.54, 1.807) is 38.6 Å². The van der Waals surface area contributed by atoms with Crippen LogP contribution in [0.1, 0.15) is 22.5 Å². The highest BCUT2D eigenvalue weighted by Gasteiger charge is 2.20. The molecule has 0 bridgehead atoms. The smallest absolute Gasteiger partial charge is 0.250 e. The number of anilines is 1. The number of hydrogen-bond acceptors (Lipinski definition) is 6. The number of carbonyl (C=O) groups is 1. The van der Waals surface area contributed by atoms with Crippen molar-refractivity contribution in [2.45, 2.75) is 12.8 Å². The maximum Gasteiger partial charge on any atom is 0.250 e. The van der Waals surface area contributed by atoms with Gasteiger partial charge in [0.2, 0.25) is 5.56 Å². The van der Waals surface area contributed by atoms with Crippen molar-refractivity contribution in [3.8, 4) is 28.3 Å². The van der Waals surface area contributed by atoms with E-state index in [2.05, 4.69) is 9.97 Å². The maximum absolute atomic E-state index is 13.5. The second-order valence-electron chi connectivity index (χ2n) is 7.76. The van der Waals surface area contributed by atoms with Crippen molar-refractivity contribution in [3.05, 3.63) is 94.3 Å². The Morgan fingerprint density at radius 3 is 2.38 bits per heavy atom. The number of ether oxygens (including phenoxy) is 1. The van der Waals surface area contributed by atoms with E-state index >= 15 is 0 Å². The molecule has 7 nitrogen and oxygen atoms in total. The lowest BCUT2D eigenvalue weighted by Gasteiger charge is -2.13. The number of methoxy groups -OCH3 is 1. The van der Waals surface area contributed by atoms with Gasteiger partial charge in [-0.1, -0.05) is 18.2 Å². The van der Waals surface area contributed by atoms with E-state index in [9.17, 15) is 14.0 Å². The molecule has 2 aromatic heterocycles. The third kappa shape index (κ3) is 4.71. The number of nitrogens with zero attached hydrogens (tertiary/aromatic N) is 3. The summed E-state index contributed by atoms with van der Waals surface area (Å²) in [6.07, 6.45) is 2.21. The van der Waals surface area contributed by atoms with Gasteiger partial charge in [-0.15, -0.1) is 0 Å². The van der Waals surface area contributed by atoms with E-state index in [0.717, 1.165) is 5.56 Å². The van der Waals surface area contributed by atoms with Crippen molar-refractivity contribution >= 4 is 11.6 Å². The third-order valence-electron chi connectivity index (χ3n) is 5.48. The Balaban J connectivity index is 1.76. The number of carbonyl (C=O) groups excluding carboxylic acids is 1. The lowest BCUT2D eigenvalue weighted by atomic mass is 10.0. The Kier molecular flexibility index (Phi) is 6.49. The zero-order valence-corrected chi connectivity index (χ0v) is 18.8. The predicted octanol–water partition coefficient (Wildman–Crippen LogP) is 4.05. The van der Waals surface area contributed by atoms with E-state index in [4.69, 9.17) is 10.5 Å². The normalized spacial score (nSPS) is 10.8. The number of benzene rings is 2. The molecule has 34 heavy (non-hydrogen) atoms. The van der Waals surface area contributed by atoms with Gasteiger partial charge in [0.15, 0.2) is 11.6 Å². The van der Waals surface area contributed by atoms with E-state index in [0.29, 0.717) is 34.7 Å². The second kappa shape index (κ2) is 9.66. The standard InChI is InChI=1S/C26H23FN4O3/c1-31-15-18(10-14-22(31)33)24-23(17-7-11-19(27)12-8-17)30-26(28)25(29-24)20(32)13-9-16-5-3-4-6-21(16)34-2/h3-8,10-12,14-15H,9,13H2,1-2H3,(H2,28,30). The van der Waals surface area contributed by atoms with Crippen LogP contribution in [0.4, 0.5) is 10.2 Å². The Labute approximate surface area is 195 Å². The topological polar surface area (TPSA) is 100 Å². The minimum absolute atomic E-state index is 0.0158. The Bertz CT molecular complexity index is 1410. The van der Waals surface area contributed by atoms with Crippen LogP contribution in [0.2, 0.25) is 0 Å². The number of para-hydroxylation sites is 1. The van der Waals surface area contributed by atoms with Gasteiger partial charge < -0.3 is 15.0 Å². The summed E-state index contributed by atoms with van der Waals surface area (Å²) in [5.41, 5.74) is 8.83. The zero-order chi connectivity index (χ0) is 24.2. The van der Waals surface area contributed by atoms with Gasteiger partial charge in [-0.25, -0.2) is 14.4 Å². The lowest BCUT2D eigenvalue weighted by Crippen LogP contribution is -2.15. The van der Waals surface area contributed by atoms with Crippen LogP contribution < -0.4 is 16.0 Å². The van der Waals surface area contributed by atoms with E-state index in [-0.39, 0.29) is 29.3 Å². The van der Waals surface area contributed by atoms with Crippen LogP contribution in [0.15, 0.2) is 71.7 Å². The minimum Gasteiger partial charge on any atom is -0.496 e. The van der Waals surface area contributed by atoms with Crippen molar-refractivity contribution in [1.29, 1.82) is 0 Å². The molecule has 4 aromatic rings. The highest BCUT2D eigenvalue weighted by molar-refractivity contribution is 5.99. The first-order valence-corrected chi connectivity index (χ1v) is 10.6. The Hall–Kier alpha value is -4.33. The number of pyridine rings is 1. The molecule has 2 N–H and O–H groups in total. The highest BCUT2D eigenvalue weighted by Crippen LogP contribution is 2.31. The van der Waals surface area contributed by atoms with Gasteiger partial charge in [0.25, 0.3) is 0 Å². The molecule has 8 heteroatoms. The summed E-state index contributed by atoms with van der Waals surface area (Å²) in [5, 5.41) is 0. The van der Waals surface area contributed by atoms with Gasteiger partial charge in [0.05, 0.1) is 18.5 Å². The molecule has 2 aromatic carbocycles. The number of nitrogens with two attached hydrogens (primary N) is 1. The van der Waals surface area contributed by atoms with Crippen molar-refractivity contribution in [3.63, 3.8) is 0 Å². The fraction of sp³-hybridized carbons (Fsp3) is 0.154. The number of hydrogen-bond donors (Lipinski definition) is 1. The van der Waals surface area contributed by atoms with Crippen LogP contribution in [0, 0.1) is 5.82 Å². The molecule has 0 saturated carbocycles. The van der Waals surface area contributed by atoms with Gasteiger partial charge >= 0.3 is 0 Å². The average Bonchev–Trinajstić information content (AvgIpc) is 2.84. The van der Waals surface area contributed by atoms with Crippen molar-refractivity contribution in [1.82, 2.24) is 14.5 Å². The van der Waals surface area contributed by atoms with E-state index in [1.807, 2.05) is 24.3 Å². The summed E-state index contributed by atoms with van der Waals surface area (Å²) in [7, 11) is 3.20. The molecule has 0 amide bonds. The van der Waals surface area contributed by atoms with E-state index in [1.165, 1.54) is 22.8 Å². The van der Waals surface area contributed by atoms with Gasteiger partial charge in [0, 0.05) is 36.9 Å². The monoisotopic (exact) mass is 458 g/mol. The molecule has 0 saturated heterocycles. The van der Waals surface area contributed by atoms with Gasteiger partial charge in [-0.05, 0) is 48.4 Å². The molecule has 0 unspecified atom stereocenters. The summed E-state index contributed by atoms with van der Waals surface area (Å²) in [4.78, 5) is 34.1. The van der Waals surface area contributed by atoms with Gasteiger partial charge in [0.1, 0.15) is 17.3 Å². The quantitative estimate of drug-likeness (QED) is 0.419. The van der Waals surface area contributed by atoms with Crippen molar-refractivity contribution in [2.24, 2.45) is 7.05 Å². The third-order valence-corrected chi connectivity index (χ3v) is 5.48. The zero-order valence-electron chi connectivity index (χ0n) is 18.8. The molecule has 0 aliphatic carbocycles. The molecule has 172 valence electrons. The molecule has 2 heterocycles. The molecule has 0 radical (unpaired) electrons. The molecule has 0 atom stereocenters. The Morgan fingerprint density at radius 2 is 1.68 bits per heavy atom. The first-order chi connectivity index (χ1) is 16.4. The largest absolute Gasteiger partial charge is 0.496 e. The molecule has 0 aliphatic rings. The molecule has 4 rings (SSSR count). The van der Waals surface area contributed by atoms with Crippen LogP contribution in [0.3, 0.4) is 0 Å². The number of rotatable bonds is 7.